The van der Waals surface area contributed by atoms with E-state index in [1.54, 1.807) is 0 Å². The topological polar surface area (TPSA) is 44.5 Å². The summed E-state index contributed by atoms with van der Waals surface area (Å²) in [5.41, 5.74) is 11.9. The van der Waals surface area contributed by atoms with Crippen LogP contribution in [-0.2, 0) is 13.0 Å². The molecule has 2 unspecified atom stereocenters. The molecule has 3 heteroatoms. The molecule has 134 valence electrons. The van der Waals surface area contributed by atoms with Crippen LogP contribution in [0.4, 0.5) is 0 Å². The molecule has 1 aliphatic rings. The summed E-state index contributed by atoms with van der Waals surface area (Å²) in [6.07, 6.45) is 2.22. The summed E-state index contributed by atoms with van der Waals surface area (Å²) >= 11 is 0. The lowest BCUT2D eigenvalue weighted by molar-refractivity contribution is 0.123. The second-order valence-electron chi connectivity index (χ2n) is 7.15. The first-order chi connectivity index (χ1) is 12.0. The van der Waals surface area contributed by atoms with E-state index in [1.165, 1.54) is 27.8 Å². The Balaban J connectivity index is 1.93. The summed E-state index contributed by atoms with van der Waals surface area (Å²) in [6, 6.07) is 10.3. The van der Waals surface area contributed by atoms with Crippen LogP contribution in [0.15, 0.2) is 30.3 Å². The van der Waals surface area contributed by atoms with E-state index < -0.39 is 0 Å². The minimum atomic E-state index is 0.213. The zero-order valence-corrected chi connectivity index (χ0v) is 15.8. The second-order valence-corrected chi connectivity index (χ2v) is 7.15. The molecule has 0 bridgehead atoms. The zero-order valence-electron chi connectivity index (χ0n) is 15.8. The number of nitrogens with two attached hydrogens (primary N) is 1. The van der Waals surface area contributed by atoms with Crippen molar-refractivity contribution in [3.8, 4) is 11.5 Å². The molecule has 0 amide bonds. The van der Waals surface area contributed by atoms with Gasteiger partial charge in [0.15, 0.2) is 0 Å². The fourth-order valence-electron chi connectivity index (χ4n) is 3.77. The van der Waals surface area contributed by atoms with E-state index in [0.717, 1.165) is 24.3 Å². The average Bonchev–Trinajstić information content (AvgIpc) is 2.62. The van der Waals surface area contributed by atoms with Gasteiger partial charge in [-0.3, -0.25) is 0 Å². The average molecular weight is 339 g/mol. The minimum Gasteiger partial charge on any atom is -0.490 e. The van der Waals surface area contributed by atoms with E-state index in [2.05, 4.69) is 39.8 Å². The minimum absolute atomic E-state index is 0.213. The summed E-state index contributed by atoms with van der Waals surface area (Å²) in [7, 11) is 0. The maximum absolute atomic E-state index is 6.30. The predicted octanol–water partition coefficient (Wildman–Crippen LogP) is 4.48. The Morgan fingerprint density at radius 3 is 2.48 bits per heavy atom. The SMILES string of the molecule is Cc1c(C)c2c(c(C)c1OCc1ccccc1)CC(CCN)C(C)O2. The Labute approximate surface area is 151 Å². The van der Waals surface area contributed by atoms with Gasteiger partial charge < -0.3 is 15.2 Å². The summed E-state index contributed by atoms with van der Waals surface area (Å²) in [5.74, 6) is 2.54. The van der Waals surface area contributed by atoms with Gasteiger partial charge in [0.25, 0.3) is 0 Å². The number of fused-ring (bicyclic) bond motifs is 1. The third-order valence-corrected chi connectivity index (χ3v) is 5.51. The van der Waals surface area contributed by atoms with Gasteiger partial charge in [-0.25, -0.2) is 0 Å². The van der Waals surface area contributed by atoms with Gasteiger partial charge in [0, 0.05) is 11.5 Å². The normalized spacial score (nSPS) is 19.2. The van der Waals surface area contributed by atoms with Gasteiger partial charge in [0.05, 0.1) is 6.10 Å². The van der Waals surface area contributed by atoms with Gasteiger partial charge in [0.2, 0.25) is 0 Å². The molecule has 2 N–H and O–H groups in total. The van der Waals surface area contributed by atoms with E-state index in [-0.39, 0.29) is 6.10 Å². The van der Waals surface area contributed by atoms with Crippen molar-refractivity contribution in [3.63, 3.8) is 0 Å². The maximum atomic E-state index is 6.30. The molecule has 25 heavy (non-hydrogen) atoms. The predicted molar refractivity (Wildman–Crippen MR) is 102 cm³/mol. The largest absolute Gasteiger partial charge is 0.490 e. The number of benzene rings is 2. The van der Waals surface area contributed by atoms with Crippen molar-refractivity contribution >= 4 is 0 Å². The van der Waals surface area contributed by atoms with Crippen LogP contribution < -0.4 is 15.2 Å². The summed E-state index contributed by atoms with van der Waals surface area (Å²) in [5, 5.41) is 0. The van der Waals surface area contributed by atoms with Crippen LogP contribution in [0.3, 0.4) is 0 Å². The number of ether oxygens (including phenoxy) is 2. The molecule has 2 atom stereocenters. The van der Waals surface area contributed by atoms with Gasteiger partial charge in [-0.1, -0.05) is 30.3 Å². The Bertz CT molecular complexity index is 740. The smallest absolute Gasteiger partial charge is 0.126 e. The molecule has 0 aliphatic carbocycles. The molecule has 0 saturated carbocycles. The molecule has 0 saturated heterocycles. The lowest BCUT2D eigenvalue weighted by atomic mass is 9.84. The van der Waals surface area contributed by atoms with E-state index in [9.17, 15) is 0 Å². The van der Waals surface area contributed by atoms with Crippen LogP contribution >= 0.6 is 0 Å². The van der Waals surface area contributed by atoms with Crippen molar-refractivity contribution in [2.45, 2.75) is 53.2 Å². The summed E-state index contributed by atoms with van der Waals surface area (Å²) in [4.78, 5) is 0. The first-order valence-corrected chi connectivity index (χ1v) is 9.19. The highest BCUT2D eigenvalue weighted by molar-refractivity contribution is 5.59. The number of hydrogen-bond donors (Lipinski definition) is 1. The van der Waals surface area contributed by atoms with Gasteiger partial charge in [-0.15, -0.1) is 0 Å². The Morgan fingerprint density at radius 1 is 1.08 bits per heavy atom. The zero-order chi connectivity index (χ0) is 18.0. The molecule has 2 aromatic carbocycles. The van der Waals surface area contributed by atoms with Crippen LogP contribution in [0.5, 0.6) is 11.5 Å². The second kappa shape index (κ2) is 7.49. The monoisotopic (exact) mass is 339 g/mol. The van der Waals surface area contributed by atoms with Crippen molar-refractivity contribution < 1.29 is 9.47 Å². The van der Waals surface area contributed by atoms with Crippen LogP contribution in [0.2, 0.25) is 0 Å². The summed E-state index contributed by atoms with van der Waals surface area (Å²) < 4.78 is 12.5. The van der Waals surface area contributed by atoms with Crippen LogP contribution in [0, 0.1) is 26.7 Å². The van der Waals surface area contributed by atoms with Crippen molar-refractivity contribution in [2.75, 3.05) is 6.54 Å². The van der Waals surface area contributed by atoms with Crippen molar-refractivity contribution in [1.29, 1.82) is 0 Å². The number of hydrogen-bond acceptors (Lipinski definition) is 3. The van der Waals surface area contributed by atoms with Crippen molar-refractivity contribution in [3.05, 3.63) is 58.1 Å². The molecule has 3 rings (SSSR count). The Hall–Kier alpha value is -2.00. The van der Waals surface area contributed by atoms with Gasteiger partial charge in [-0.2, -0.15) is 0 Å². The molecule has 0 aromatic heterocycles. The lowest BCUT2D eigenvalue weighted by Crippen LogP contribution is -2.33. The molecule has 3 nitrogen and oxygen atoms in total. The fourth-order valence-corrected chi connectivity index (χ4v) is 3.77. The van der Waals surface area contributed by atoms with Crippen molar-refractivity contribution in [1.82, 2.24) is 0 Å². The molecule has 0 fully saturated rings. The summed E-state index contributed by atoms with van der Waals surface area (Å²) in [6.45, 7) is 9.87. The maximum Gasteiger partial charge on any atom is 0.126 e. The van der Waals surface area contributed by atoms with Gasteiger partial charge >= 0.3 is 0 Å². The highest BCUT2D eigenvalue weighted by atomic mass is 16.5. The first-order valence-electron chi connectivity index (χ1n) is 9.19. The third-order valence-electron chi connectivity index (χ3n) is 5.51. The van der Waals surface area contributed by atoms with E-state index in [4.69, 9.17) is 15.2 Å². The first kappa shape index (κ1) is 17.8. The molecular weight excluding hydrogens is 310 g/mol. The molecular formula is C22H29NO2. The molecule has 0 radical (unpaired) electrons. The van der Waals surface area contributed by atoms with Crippen molar-refractivity contribution in [2.24, 2.45) is 11.7 Å². The third kappa shape index (κ3) is 3.52. The van der Waals surface area contributed by atoms with Crippen LogP contribution in [0.1, 0.15) is 41.2 Å². The molecule has 1 heterocycles. The van der Waals surface area contributed by atoms with E-state index in [0.29, 0.717) is 19.1 Å². The van der Waals surface area contributed by atoms with Crippen LogP contribution in [-0.4, -0.2) is 12.6 Å². The van der Waals surface area contributed by atoms with Gasteiger partial charge in [-0.05, 0) is 69.3 Å². The number of rotatable bonds is 5. The molecule has 2 aromatic rings. The molecule has 1 aliphatic heterocycles. The Morgan fingerprint density at radius 2 is 1.80 bits per heavy atom. The van der Waals surface area contributed by atoms with Gasteiger partial charge in [0.1, 0.15) is 18.1 Å². The highest BCUT2D eigenvalue weighted by Crippen LogP contribution is 2.43. The highest BCUT2D eigenvalue weighted by Gasteiger charge is 2.30. The lowest BCUT2D eigenvalue weighted by Gasteiger charge is -2.34. The fraction of sp³-hybridized carbons (Fsp3) is 0.455. The standard InChI is InChI=1S/C22H29NO2/c1-14-15(2)22-20(12-19(10-11-23)17(4)25-22)16(3)21(14)24-13-18-8-6-5-7-9-18/h5-9,17,19H,10-13,23H2,1-4H3. The quantitative estimate of drug-likeness (QED) is 0.873. The van der Waals surface area contributed by atoms with E-state index in [1.807, 2.05) is 18.2 Å². The van der Waals surface area contributed by atoms with Crippen LogP contribution in [0.25, 0.3) is 0 Å². The van der Waals surface area contributed by atoms with E-state index >= 15 is 0 Å². The Kier molecular flexibility index (Phi) is 5.33. The molecule has 0 spiro atoms.